The smallest absolute Gasteiger partial charge is 0.0698 e. The van der Waals surface area contributed by atoms with Crippen LogP contribution < -0.4 is 5.73 Å². The molecule has 1 aromatic rings. The molecule has 3 heteroatoms. The zero-order valence-corrected chi connectivity index (χ0v) is 8.44. The fourth-order valence-electron chi connectivity index (χ4n) is 1.76. The van der Waals surface area contributed by atoms with Gasteiger partial charge >= 0.3 is 0 Å². The second kappa shape index (κ2) is 3.98. The van der Waals surface area contributed by atoms with E-state index in [9.17, 15) is 0 Å². The normalized spacial score (nSPS) is 19.8. The third-order valence-electron chi connectivity index (χ3n) is 2.61. The Morgan fingerprint density at radius 2 is 2.36 bits per heavy atom. The quantitative estimate of drug-likeness (QED) is 0.728. The Balaban J connectivity index is 2.13. The van der Waals surface area contributed by atoms with Crippen LogP contribution in [0.2, 0.25) is 0 Å². The van der Waals surface area contributed by atoms with Crippen LogP contribution >= 0.6 is 0 Å². The standard InChI is InChI=1S/C11H16N2O/c1-9(13-6-3-7-14-13)10-4-2-5-11(12)8-10/h2,4-5,8-9H,3,6-7,12H2,1H3. The molecule has 3 nitrogen and oxygen atoms in total. The van der Waals surface area contributed by atoms with Gasteiger partial charge in [-0.1, -0.05) is 12.1 Å². The van der Waals surface area contributed by atoms with Gasteiger partial charge in [0.25, 0.3) is 0 Å². The SMILES string of the molecule is CC(c1cccc(N)c1)N1CCCO1. The van der Waals surface area contributed by atoms with Crippen LogP contribution in [-0.2, 0) is 4.84 Å². The molecule has 1 saturated heterocycles. The van der Waals surface area contributed by atoms with Crippen LogP contribution in [0.15, 0.2) is 24.3 Å². The van der Waals surface area contributed by atoms with E-state index in [2.05, 4.69) is 13.0 Å². The number of nitrogens with two attached hydrogens (primary N) is 1. The third-order valence-corrected chi connectivity index (χ3v) is 2.61. The lowest BCUT2D eigenvalue weighted by Crippen LogP contribution is -2.22. The number of benzene rings is 1. The summed E-state index contributed by atoms with van der Waals surface area (Å²) in [6.45, 7) is 3.99. The molecule has 1 aliphatic heterocycles. The van der Waals surface area contributed by atoms with Gasteiger partial charge in [-0.05, 0) is 31.0 Å². The van der Waals surface area contributed by atoms with Gasteiger partial charge in [-0.15, -0.1) is 0 Å². The van der Waals surface area contributed by atoms with Crippen molar-refractivity contribution in [2.24, 2.45) is 0 Å². The topological polar surface area (TPSA) is 38.5 Å². The van der Waals surface area contributed by atoms with Crippen molar-refractivity contribution in [2.45, 2.75) is 19.4 Å². The second-order valence-corrected chi connectivity index (χ2v) is 3.67. The molecule has 0 bridgehead atoms. The van der Waals surface area contributed by atoms with Crippen LogP contribution in [0.25, 0.3) is 0 Å². The molecule has 1 aromatic carbocycles. The van der Waals surface area contributed by atoms with Gasteiger partial charge in [-0.2, -0.15) is 5.06 Å². The zero-order valence-electron chi connectivity index (χ0n) is 8.44. The fraction of sp³-hybridized carbons (Fsp3) is 0.455. The second-order valence-electron chi connectivity index (χ2n) is 3.67. The summed E-state index contributed by atoms with van der Waals surface area (Å²) in [5.74, 6) is 0. The molecule has 1 fully saturated rings. The number of hydrogen-bond acceptors (Lipinski definition) is 3. The Morgan fingerprint density at radius 3 is 3.00 bits per heavy atom. The van der Waals surface area contributed by atoms with Crippen LogP contribution in [0.5, 0.6) is 0 Å². The van der Waals surface area contributed by atoms with Gasteiger partial charge in [0.15, 0.2) is 0 Å². The van der Waals surface area contributed by atoms with E-state index in [1.807, 2.05) is 23.3 Å². The number of anilines is 1. The van der Waals surface area contributed by atoms with E-state index in [1.165, 1.54) is 5.56 Å². The van der Waals surface area contributed by atoms with Crippen LogP contribution in [0.4, 0.5) is 5.69 Å². The first-order chi connectivity index (χ1) is 6.77. The minimum atomic E-state index is 0.293. The molecule has 0 saturated carbocycles. The molecule has 0 aromatic heterocycles. The summed E-state index contributed by atoms with van der Waals surface area (Å²) in [5.41, 5.74) is 7.76. The first-order valence-corrected chi connectivity index (χ1v) is 5.02. The maximum atomic E-state index is 5.74. The Labute approximate surface area is 84.4 Å². The molecule has 2 rings (SSSR count). The summed E-state index contributed by atoms with van der Waals surface area (Å²) >= 11 is 0. The molecule has 2 N–H and O–H groups in total. The fourth-order valence-corrected chi connectivity index (χ4v) is 1.76. The minimum Gasteiger partial charge on any atom is -0.399 e. The van der Waals surface area contributed by atoms with Gasteiger partial charge in [-0.25, -0.2) is 0 Å². The van der Waals surface area contributed by atoms with Crippen LogP contribution in [0.1, 0.15) is 24.9 Å². The van der Waals surface area contributed by atoms with E-state index in [0.29, 0.717) is 6.04 Å². The predicted octanol–water partition coefficient (Wildman–Crippen LogP) is 1.97. The molecule has 0 spiro atoms. The van der Waals surface area contributed by atoms with Gasteiger partial charge in [0.2, 0.25) is 0 Å². The molecule has 1 aliphatic rings. The molecule has 1 heterocycles. The van der Waals surface area contributed by atoms with Crippen molar-refractivity contribution in [1.29, 1.82) is 0 Å². The highest BCUT2D eigenvalue weighted by Crippen LogP contribution is 2.24. The maximum absolute atomic E-state index is 5.74. The minimum absolute atomic E-state index is 0.293. The number of rotatable bonds is 2. The molecule has 1 atom stereocenters. The van der Waals surface area contributed by atoms with E-state index >= 15 is 0 Å². The van der Waals surface area contributed by atoms with Gasteiger partial charge in [-0.3, -0.25) is 4.84 Å². The number of nitrogen functional groups attached to an aromatic ring is 1. The average Bonchev–Trinajstić information content (AvgIpc) is 2.69. The lowest BCUT2D eigenvalue weighted by molar-refractivity contribution is -0.138. The molecule has 76 valence electrons. The van der Waals surface area contributed by atoms with Crippen LogP contribution in [0.3, 0.4) is 0 Å². The van der Waals surface area contributed by atoms with E-state index < -0.39 is 0 Å². The average molecular weight is 192 g/mol. The Morgan fingerprint density at radius 1 is 1.50 bits per heavy atom. The first-order valence-electron chi connectivity index (χ1n) is 5.02. The van der Waals surface area contributed by atoms with E-state index in [-0.39, 0.29) is 0 Å². The van der Waals surface area contributed by atoms with Crippen molar-refractivity contribution in [3.05, 3.63) is 29.8 Å². The molecular formula is C11H16N2O. The molecular weight excluding hydrogens is 176 g/mol. The highest BCUT2D eigenvalue weighted by Gasteiger charge is 2.20. The third kappa shape index (κ3) is 1.89. The van der Waals surface area contributed by atoms with Crippen molar-refractivity contribution in [1.82, 2.24) is 5.06 Å². The van der Waals surface area contributed by atoms with E-state index in [4.69, 9.17) is 10.6 Å². The summed E-state index contributed by atoms with van der Waals surface area (Å²) in [4.78, 5) is 5.50. The maximum Gasteiger partial charge on any atom is 0.0698 e. The van der Waals surface area contributed by atoms with Gasteiger partial charge < -0.3 is 5.73 Å². The lowest BCUT2D eigenvalue weighted by atomic mass is 10.1. The summed E-state index contributed by atoms with van der Waals surface area (Å²) in [5, 5.41) is 2.02. The van der Waals surface area contributed by atoms with Crippen molar-refractivity contribution in [3.63, 3.8) is 0 Å². The molecule has 14 heavy (non-hydrogen) atoms. The predicted molar refractivity (Wildman–Crippen MR) is 56.5 cm³/mol. The number of nitrogens with zero attached hydrogens (tertiary/aromatic N) is 1. The van der Waals surface area contributed by atoms with Gasteiger partial charge in [0.1, 0.15) is 0 Å². The number of hydrogen-bond donors (Lipinski definition) is 1. The summed E-state index contributed by atoms with van der Waals surface area (Å²) in [6.07, 6.45) is 1.12. The van der Waals surface area contributed by atoms with Crippen molar-refractivity contribution >= 4 is 5.69 Å². The summed E-state index contributed by atoms with van der Waals surface area (Å²) in [7, 11) is 0. The van der Waals surface area contributed by atoms with Crippen LogP contribution in [0, 0.1) is 0 Å². The zero-order chi connectivity index (χ0) is 9.97. The first kappa shape index (κ1) is 9.49. The van der Waals surface area contributed by atoms with Crippen LogP contribution in [-0.4, -0.2) is 18.2 Å². The van der Waals surface area contributed by atoms with E-state index in [0.717, 1.165) is 25.3 Å². The highest BCUT2D eigenvalue weighted by atomic mass is 16.7. The van der Waals surface area contributed by atoms with Gasteiger partial charge in [0, 0.05) is 12.2 Å². The van der Waals surface area contributed by atoms with Gasteiger partial charge in [0.05, 0.1) is 12.6 Å². The van der Waals surface area contributed by atoms with Crippen molar-refractivity contribution < 1.29 is 4.84 Å². The molecule has 0 radical (unpaired) electrons. The monoisotopic (exact) mass is 192 g/mol. The van der Waals surface area contributed by atoms with Crippen molar-refractivity contribution in [3.8, 4) is 0 Å². The molecule has 0 aliphatic carbocycles. The largest absolute Gasteiger partial charge is 0.399 e. The Bertz CT molecular complexity index is 308. The highest BCUT2D eigenvalue weighted by molar-refractivity contribution is 5.41. The lowest BCUT2D eigenvalue weighted by Gasteiger charge is -2.22. The Kier molecular flexibility index (Phi) is 2.70. The Hall–Kier alpha value is -1.06. The molecule has 1 unspecified atom stereocenters. The summed E-state index contributed by atoms with van der Waals surface area (Å²) < 4.78 is 0. The number of hydroxylamine groups is 2. The molecule has 0 amide bonds. The van der Waals surface area contributed by atoms with E-state index in [1.54, 1.807) is 0 Å². The summed E-state index contributed by atoms with van der Waals surface area (Å²) in [6, 6.07) is 8.27. The van der Waals surface area contributed by atoms with Crippen molar-refractivity contribution in [2.75, 3.05) is 18.9 Å².